The minimum absolute atomic E-state index is 0.0807. The molecule has 1 heterocycles. The first-order chi connectivity index (χ1) is 9.59. The van der Waals surface area contributed by atoms with Gasteiger partial charge < -0.3 is 5.32 Å². The molecule has 1 unspecified atom stereocenters. The van der Waals surface area contributed by atoms with Gasteiger partial charge in [-0.05, 0) is 49.5 Å². The summed E-state index contributed by atoms with van der Waals surface area (Å²) in [6.45, 7) is 2.36. The number of sulfonamides is 1. The van der Waals surface area contributed by atoms with E-state index in [1.807, 2.05) is 6.07 Å². The van der Waals surface area contributed by atoms with E-state index in [9.17, 15) is 8.42 Å². The number of piperidine rings is 1. The van der Waals surface area contributed by atoms with Gasteiger partial charge in [-0.15, -0.1) is 0 Å². The minimum atomic E-state index is -3.35. The normalized spacial score (nSPS) is 19.4. The summed E-state index contributed by atoms with van der Waals surface area (Å²) in [7, 11) is -3.35. The molecule has 1 aliphatic heterocycles. The first-order valence-electron chi connectivity index (χ1n) is 6.76. The van der Waals surface area contributed by atoms with Gasteiger partial charge >= 0.3 is 0 Å². The Morgan fingerprint density at radius 2 is 2.30 bits per heavy atom. The first kappa shape index (κ1) is 15.0. The molecule has 0 radical (unpaired) electrons. The number of nitriles is 1. The van der Waals surface area contributed by atoms with Gasteiger partial charge in [0.1, 0.15) is 0 Å². The van der Waals surface area contributed by atoms with Crippen molar-refractivity contribution in [1.82, 2.24) is 10.0 Å². The van der Waals surface area contributed by atoms with Gasteiger partial charge in [0.2, 0.25) is 10.0 Å². The van der Waals surface area contributed by atoms with E-state index >= 15 is 0 Å². The zero-order chi connectivity index (χ0) is 14.4. The third-order valence-corrected chi connectivity index (χ3v) is 4.72. The second kappa shape index (κ2) is 6.84. The molecule has 5 nitrogen and oxygen atoms in total. The van der Waals surface area contributed by atoms with Gasteiger partial charge in [-0.3, -0.25) is 0 Å². The maximum atomic E-state index is 12.0. The molecule has 0 saturated carbocycles. The van der Waals surface area contributed by atoms with Gasteiger partial charge in [0, 0.05) is 6.54 Å². The topological polar surface area (TPSA) is 82.0 Å². The Hall–Kier alpha value is -1.42. The molecule has 0 aliphatic carbocycles. The summed E-state index contributed by atoms with van der Waals surface area (Å²) in [6, 6.07) is 8.72. The van der Waals surface area contributed by atoms with E-state index in [1.54, 1.807) is 24.3 Å². The smallest absolute Gasteiger partial charge is 0.215 e. The van der Waals surface area contributed by atoms with Crippen LogP contribution in [0.3, 0.4) is 0 Å². The highest BCUT2D eigenvalue weighted by Crippen LogP contribution is 2.11. The van der Waals surface area contributed by atoms with Crippen LogP contribution in [-0.2, 0) is 15.8 Å². The third kappa shape index (κ3) is 4.60. The second-order valence-corrected chi connectivity index (χ2v) is 6.94. The third-order valence-electron chi connectivity index (χ3n) is 3.40. The lowest BCUT2D eigenvalue weighted by atomic mass is 10.0. The zero-order valence-corrected chi connectivity index (χ0v) is 12.1. The highest BCUT2D eigenvalue weighted by Gasteiger charge is 2.17. The van der Waals surface area contributed by atoms with Gasteiger partial charge in [-0.1, -0.05) is 12.1 Å². The van der Waals surface area contributed by atoms with Crippen molar-refractivity contribution in [1.29, 1.82) is 5.26 Å². The van der Waals surface area contributed by atoms with Crippen LogP contribution in [0.4, 0.5) is 0 Å². The highest BCUT2D eigenvalue weighted by atomic mass is 32.2. The lowest BCUT2D eigenvalue weighted by Crippen LogP contribution is -2.38. The van der Waals surface area contributed by atoms with Gasteiger partial charge in [-0.2, -0.15) is 5.26 Å². The molecular weight excluding hydrogens is 274 g/mol. The predicted molar refractivity (Wildman–Crippen MR) is 77.4 cm³/mol. The molecule has 0 amide bonds. The van der Waals surface area contributed by atoms with Crippen LogP contribution in [0.2, 0.25) is 0 Å². The molecule has 0 aromatic heterocycles. The molecule has 1 fully saturated rings. The van der Waals surface area contributed by atoms with E-state index in [4.69, 9.17) is 5.26 Å². The van der Waals surface area contributed by atoms with Gasteiger partial charge in [0.05, 0.1) is 17.4 Å². The summed E-state index contributed by atoms with van der Waals surface area (Å²) < 4.78 is 26.7. The monoisotopic (exact) mass is 293 g/mol. The summed E-state index contributed by atoms with van der Waals surface area (Å²) in [5, 5.41) is 12.1. The number of hydrogen-bond acceptors (Lipinski definition) is 4. The summed E-state index contributed by atoms with van der Waals surface area (Å²) in [5.74, 6) is 0.284. The van der Waals surface area contributed by atoms with E-state index in [1.165, 1.54) is 0 Å². The minimum Gasteiger partial charge on any atom is -0.316 e. The van der Waals surface area contributed by atoms with Crippen LogP contribution < -0.4 is 10.0 Å². The zero-order valence-electron chi connectivity index (χ0n) is 11.3. The van der Waals surface area contributed by atoms with Crippen LogP contribution in [0.1, 0.15) is 24.0 Å². The number of nitrogens with zero attached hydrogens (tertiary/aromatic N) is 1. The second-order valence-electron chi connectivity index (χ2n) is 5.13. The lowest BCUT2D eigenvalue weighted by Gasteiger charge is -2.22. The van der Waals surface area contributed by atoms with Crippen molar-refractivity contribution in [2.75, 3.05) is 19.6 Å². The summed E-state index contributed by atoms with van der Waals surface area (Å²) >= 11 is 0. The molecule has 6 heteroatoms. The van der Waals surface area contributed by atoms with Crippen LogP contribution in [0, 0.1) is 17.2 Å². The van der Waals surface area contributed by atoms with E-state index in [0.29, 0.717) is 23.6 Å². The molecular formula is C14H19N3O2S. The van der Waals surface area contributed by atoms with Gasteiger partial charge in [0.25, 0.3) is 0 Å². The van der Waals surface area contributed by atoms with Crippen LogP contribution in [0.25, 0.3) is 0 Å². The Morgan fingerprint density at radius 1 is 1.45 bits per heavy atom. The number of rotatable bonds is 5. The Kier molecular flexibility index (Phi) is 5.12. The summed E-state index contributed by atoms with van der Waals surface area (Å²) in [5.41, 5.74) is 1.12. The number of nitrogens with one attached hydrogen (secondary N) is 2. The quantitative estimate of drug-likeness (QED) is 0.848. The molecule has 1 atom stereocenters. The molecule has 20 heavy (non-hydrogen) atoms. The fourth-order valence-electron chi connectivity index (χ4n) is 2.34. The van der Waals surface area contributed by atoms with Crippen molar-refractivity contribution < 1.29 is 8.42 Å². The Balaban J connectivity index is 1.91. The Labute approximate surface area is 120 Å². The van der Waals surface area contributed by atoms with E-state index in [0.717, 1.165) is 25.9 Å². The van der Waals surface area contributed by atoms with Gasteiger partial charge in [0.15, 0.2) is 0 Å². The van der Waals surface area contributed by atoms with Crippen LogP contribution in [0.15, 0.2) is 24.3 Å². The van der Waals surface area contributed by atoms with Crippen molar-refractivity contribution in [3.8, 4) is 6.07 Å². The first-order valence-corrected chi connectivity index (χ1v) is 8.41. The van der Waals surface area contributed by atoms with E-state index in [2.05, 4.69) is 10.0 Å². The van der Waals surface area contributed by atoms with Crippen molar-refractivity contribution in [2.45, 2.75) is 18.6 Å². The van der Waals surface area contributed by atoms with E-state index < -0.39 is 10.0 Å². The molecule has 1 aliphatic rings. The predicted octanol–water partition coefficient (Wildman–Crippen LogP) is 0.977. The Morgan fingerprint density at radius 3 is 3.00 bits per heavy atom. The number of hydrogen-bond donors (Lipinski definition) is 2. The molecule has 0 spiro atoms. The SMILES string of the molecule is N#Cc1cccc(CS(=O)(=O)NCC2CCCNC2)c1. The highest BCUT2D eigenvalue weighted by molar-refractivity contribution is 7.88. The van der Waals surface area contributed by atoms with Crippen molar-refractivity contribution >= 4 is 10.0 Å². The average Bonchev–Trinajstić information content (AvgIpc) is 2.46. The van der Waals surface area contributed by atoms with Crippen molar-refractivity contribution in [3.05, 3.63) is 35.4 Å². The molecule has 1 aromatic rings. The molecule has 2 rings (SSSR count). The van der Waals surface area contributed by atoms with Crippen LogP contribution >= 0.6 is 0 Å². The largest absolute Gasteiger partial charge is 0.316 e. The summed E-state index contributed by atoms with van der Waals surface area (Å²) in [6.07, 6.45) is 2.15. The number of benzene rings is 1. The molecule has 2 N–H and O–H groups in total. The molecule has 108 valence electrons. The summed E-state index contributed by atoms with van der Waals surface area (Å²) in [4.78, 5) is 0. The molecule has 0 bridgehead atoms. The van der Waals surface area contributed by atoms with Crippen molar-refractivity contribution in [2.24, 2.45) is 5.92 Å². The van der Waals surface area contributed by atoms with Crippen LogP contribution in [-0.4, -0.2) is 28.1 Å². The van der Waals surface area contributed by atoms with Crippen molar-refractivity contribution in [3.63, 3.8) is 0 Å². The average molecular weight is 293 g/mol. The molecule has 1 saturated heterocycles. The lowest BCUT2D eigenvalue weighted by molar-refractivity contribution is 0.376. The Bertz CT molecular complexity index is 587. The molecule has 1 aromatic carbocycles. The van der Waals surface area contributed by atoms with Gasteiger partial charge in [-0.25, -0.2) is 13.1 Å². The maximum Gasteiger partial charge on any atom is 0.215 e. The fourth-order valence-corrected chi connectivity index (χ4v) is 3.55. The fraction of sp³-hybridized carbons (Fsp3) is 0.500. The van der Waals surface area contributed by atoms with E-state index in [-0.39, 0.29) is 5.75 Å². The standard InChI is InChI=1S/C14H19N3O2S/c15-8-12-3-1-4-13(7-12)11-20(18,19)17-10-14-5-2-6-16-9-14/h1,3-4,7,14,16-17H,2,5-6,9-11H2. The van der Waals surface area contributed by atoms with Crippen LogP contribution in [0.5, 0.6) is 0 Å². The maximum absolute atomic E-state index is 12.0.